The van der Waals surface area contributed by atoms with Crippen LogP contribution in [0.5, 0.6) is 0 Å². The van der Waals surface area contributed by atoms with Crippen molar-refractivity contribution in [3.63, 3.8) is 0 Å². The van der Waals surface area contributed by atoms with Gasteiger partial charge in [0.2, 0.25) is 0 Å². The minimum Gasteiger partial charge on any atom is -0.334 e. The molecule has 5 heteroatoms. The summed E-state index contributed by atoms with van der Waals surface area (Å²) >= 11 is 5.72. The summed E-state index contributed by atoms with van der Waals surface area (Å²) in [6, 6.07) is 6.81. The second kappa shape index (κ2) is 6.12. The number of rotatable bonds is 4. The van der Waals surface area contributed by atoms with Crippen molar-refractivity contribution in [2.24, 2.45) is 0 Å². The first kappa shape index (κ1) is 12.5. The first-order valence-electron chi connectivity index (χ1n) is 4.83. The van der Waals surface area contributed by atoms with Crippen LogP contribution in [0.1, 0.15) is 12.5 Å². The van der Waals surface area contributed by atoms with Crippen molar-refractivity contribution in [2.75, 3.05) is 6.54 Å². The van der Waals surface area contributed by atoms with Gasteiger partial charge >= 0.3 is 6.03 Å². The molecular weight excluding hydrogens is 228 g/mol. The van der Waals surface area contributed by atoms with Crippen LogP contribution >= 0.6 is 11.6 Å². The highest BCUT2D eigenvalue weighted by Crippen LogP contribution is 2.08. The van der Waals surface area contributed by atoms with Gasteiger partial charge in [-0.05, 0) is 24.6 Å². The number of hydrogen-bond donors (Lipinski definition) is 2. The minimum absolute atomic E-state index is 0.0481. The largest absolute Gasteiger partial charge is 0.334 e. The molecule has 1 rings (SSSR count). The number of hydrogen-bond acceptors (Lipinski definition) is 2. The van der Waals surface area contributed by atoms with Crippen molar-refractivity contribution in [2.45, 2.75) is 13.5 Å². The molecule has 0 aliphatic rings. The van der Waals surface area contributed by atoms with Crippen LogP contribution in [0.25, 0.3) is 0 Å². The first-order valence-corrected chi connectivity index (χ1v) is 5.21. The van der Waals surface area contributed by atoms with E-state index in [2.05, 4.69) is 10.6 Å². The van der Waals surface area contributed by atoms with E-state index < -0.39 is 0 Å². The van der Waals surface area contributed by atoms with Gasteiger partial charge < -0.3 is 10.6 Å². The van der Waals surface area contributed by atoms with Gasteiger partial charge in [-0.15, -0.1) is 0 Å². The Morgan fingerprint density at radius 3 is 2.38 bits per heavy atom. The number of benzene rings is 1. The van der Waals surface area contributed by atoms with Crippen LogP contribution in [-0.4, -0.2) is 18.4 Å². The topological polar surface area (TPSA) is 58.2 Å². The van der Waals surface area contributed by atoms with Crippen LogP contribution in [-0.2, 0) is 11.3 Å². The molecule has 0 radical (unpaired) electrons. The van der Waals surface area contributed by atoms with E-state index in [4.69, 9.17) is 11.6 Å². The lowest BCUT2D eigenvalue weighted by Crippen LogP contribution is -2.37. The molecule has 0 heterocycles. The molecule has 4 nitrogen and oxygen atoms in total. The Morgan fingerprint density at radius 2 is 1.81 bits per heavy atom. The zero-order valence-corrected chi connectivity index (χ0v) is 9.67. The highest BCUT2D eigenvalue weighted by molar-refractivity contribution is 6.30. The summed E-state index contributed by atoms with van der Waals surface area (Å²) in [5, 5.41) is 5.72. The summed E-state index contributed by atoms with van der Waals surface area (Å²) in [5.74, 6) is -0.0818. The highest BCUT2D eigenvalue weighted by Gasteiger charge is 2.01. The van der Waals surface area contributed by atoms with Crippen molar-refractivity contribution >= 4 is 23.4 Å². The quantitative estimate of drug-likeness (QED) is 0.842. The minimum atomic E-state index is -0.356. The predicted octanol–water partition coefficient (Wildman–Crippen LogP) is 1.73. The number of Topliss-reactive ketones (excluding diaryl/α,β-unsaturated/α-hetero) is 1. The zero-order valence-electron chi connectivity index (χ0n) is 8.92. The molecule has 16 heavy (non-hydrogen) atoms. The van der Waals surface area contributed by atoms with Gasteiger partial charge in [-0.25, -0.2) is 4.79 Å². The maximum atomic E-state index is 11.2. The molecule has 86 valence electrons. The van der Waals surface area contributed by atoms with E-state index in [0.717, 1.165) is 5.56 Å². The zero-order chi connectivity index (χ0) is 12.0. The number of nitrogens with one attached hydrogen (secondary N) is 2. The molecule has 0 aromatic heterocycles. The molecule has 0 atom stereocenters. The average molecular weight is 241 g/mol. The maximum Gasteiger partial charge on any atom is 0.315 e. The van der Waals surface area contributed by atoms with Gasteiger partial charge in [0, 0.05) is 11.6 Å². The molecule has 0 bridgehead atoms. The summed E-state index contributed by atoms with van der Waals surface area (Å²) in [5.41, 5.74) is 0.947. The van der Waals surface area contributed by atoms with Crippen molar-refractivity contribution in [1.29, 1.82) is 0 Å². The third kappa shape index (κ3) is 4.79. The molecule has 0 aliphatic heterocycles. The second-order valence-electron chi connectivity index (χ2n) is 3.36. The molecule has 0 saturated heterocycles. The third-order valence-electron chi connectivity index (χ3n) is 1.86. The maximum absolute atomic E-state index is 11.2. The Bertz CT molecular complexity index is 376. The van der Waals surface area contributed by atoms with Gasteiger partial charge in [-0.3, -0.25) is 4.79 Å². The Morgan fingerprint density at radius 1 is 1.19 bits per heavy atom. The van der Waals surface area contributed by atoms with Crippen LogP contribution in [0, 0.1) is 0 Å². The lowest BCUT2D eigenvalue weighted by molar-refractivity contribution is -0.116. The molecule has 1 aromatic rings. The lowest BCUT2D eigenvalue weighted by atomic mass is 10.2. The monoisotopic (exact) mass is 240 g/mol. The van der Waals surface area contributed by atoms with Gasteiger partial charge in [-0.2, -0.15) is 0 Å². The Hall–Kier alpha value is -1.55. The van der Waals surface area contributed by atoms with Crippen LogP contribution in [0.15, 0.2) is 24.3 Å². The van der Waals surface area contributed by atoms with Gasteiger partial charge in [0.1, 0.15) is 5.78 Å². The van der Waals surface area contributed by atoms with E-state index in [1.165, 1.54) is 6.92 Å². The number of amides is 2. The standard InChI is InChI=1S/C11H13ClN2O2/c1-8(15)6-13-11(16)14-7-9-2-4-10(12)5-3-9/h2-5H,6-7H2,1H3,(H2,13,14,16). The van der Waals surface area contributed by atoms with Crippen molar-refractivity contribution in [1.82, 2.24) is 10.6 Å². The fourth-order valence-electron chi connectivity index (χ4n) is 1.05. The molecule has 0 aliphatic carbocycles. The smallest absolute Gasteiger partial charge is 0.315 e. The van der Waals surface area contributed by atoms with E-state index in [1.807, 2.05) is 12.1 Å². The number of urea groups is 1. The Labute approximate surface area is 99.0 Å². The normalized spacial score (nSPS) is 9.62. The van der Waals surface area contributed by atoms with E-state index in [-0.39, 0.29) is 18.4 Å². The number of halogens is 1. The van der Waals surface area contributed by atoms with Crippen molar-refractivity contribution in [3.8, 4) is 0 Å². The third-order valence-corrected chi connectivity index (χ3v) is 2.12. The van der Waals surface area contributed by atoms with Crippen LogP contribution in [0.4, 0.5) is 4.79 Å². The highest BCUT2D eigenvalue weighted by atomic mass is 35.5. The second-order valence-corrected chi connectivity index (χ2v) is 3.80. The van der Waals surface area contributed by atoms with Crippen LogP contribution in [0.2, 0.25) is 5.02 Å². The fourth-order valence-corrected chi connectivity index (χ4v) is 1.18. The van der Waals surface area contributed by atoms with Crippen LogP contribution in [0.3, 0.4) is 0 Å². The summed E-state index contributed by atoms with van der Waals surface area (Å²) in [6.07, 6.45) is 0. The van der Waals surface area contributed by atoms with Gasteiger partial charge in [0.15, 0.2) is 0 Å². The predicted molar refractivity (Wildman–Crippen MR) is 62.4 cm³/mol. The lowest BCUT2D eigenvalue weighted by Gasteiger charge is -2.06. The number of ketones is 1. The molecule has 2 N–H and O–H groups in total. The average Bonchev–Trinajstić information content (AvgIpc) is 2.25. The summed E-state index contributed by atoms with van der Waals surface area (Å²) in [6.45, 7) is 1.87. The SMILES string of the molecule is CC(=O)CNC(=O)NCc1ccc(Cl)cc1. The summed E-state index contributed by atoms with van der Waals surface area (Å²) < 4.78 is 0. The first-order chi connectivity index (χ1) is 7.58. The number of carbonyl (C=O) groups excluding carboxylic acids is 2. The Kier molecular flexibility index (Phi) is 4.79. The van der Waals surface area contributed by atoms with E-state index in [9.17, 15) is 9.59 Å². The van der Waals surface area contributed by atoms with E-state index >= 15 is 0 Å². The summed E-state index contributed by atoms with van der Waals surface area (Å²) in [4.78, 5) is 21.8. The molecule has 0 unspecified atom stereocenters. The van der Waals surface area contributed by atoms with Gasteiger partial charge in [0.25, 0.3) is 0 Å². The van der Waals surface area contributed by atoms with E-state index in [0.29, 0.717) is 11.6 Å². The molecular formula is C11H13ClN2O2. The molecule has 0 saturated carbocycles. The van der Waals surface area contributed by atoms with Crippen molar-refractivity contribution < 1.29 is 9.59 Å². The van der Waals surface area contributed by atoms with Crippen LogP contribution < -0.4 is 10.6 Å². The number of carbonyl (C=O) groups is 2. The van der Waals surface area contributed by atoms with Crippen molar-refractivity contribution in [3.05, 3.63) is 34.9 Å². The van der Waals surface area contributed by atoms with Gasteiger partial charge in [0.05, 0.1) is 6.54 Å². The van der Waals surface area contributed by atoms with E-state index in [1.54, 1.807) is 12.1 Å². The van der Waals surface area contributed by atoms with Gasteiger partial charge in [-0.1, -0.05) is 23.7 Å². The summed E-state index contributed by atoms with van der Waals surface area (Å²) in [7, 11) is 0. The molecule has 2 amide bonds. The molecule has 0 spiro atoms. The molecule has 0 fully saturated rings. The molecule has 1 aromatic carbocycles. The fraction of sp³-hybridized carbons (Fsp3) is 0.273. The Balaban J connectivity index is 2.31.